The van der Waals surface area contributed by atoms with Gasteiger partial charge in [-0.05, 0) is 44.9 Å². The van der Waals surface area contributed by atoms with Gasteiger partial charge in [-0.1, -0.05) is 43.0 Å². The summed E-state index contributed by atoms with van der Waals surface area (Å²) in [6.07, 6.45) is 6.04. The molecule has 1 aliphatic rings. The molecule has 1 fully saturated rings. The summed E-state index contributed by atoms with van der Waals surface area (Å²) in [6.45, 7) is 4.36. The molecule has 1 aromatic carbocycles. The molecule has 0 saturated heterocycles. The maximum Gasteiger partial charge on any atom is 0.341 e. The Hall–Kier alpha value is -2.18. The van der Waals surface area contributed by atoms with Crippen LogP contribution < -0.4 is 5.32 Å². The van der Waals surface area contributed by atoms with Crippen LogP contribution in [0.4, 0.5) is 5.00 Å². The largest absolute Gasteiger partial charge is 0.465 e. The van der Waals surface area contributed by atoms with Crippen molar-refractivity contribution in [2.24, 2.45) is 0 Å². The normalized spacial score (nSPS) is 14.8. The van der Waals surface area contributed by atoms with E-state index in [9.17, 15) is 9.59 Å². The highest BCUT2D eigenvalue weighted by Gasteiger charge is 2.25. The first-order valence-electron chi connectivity index (χ1n) is 10.2. The van der Waals surface area contributed by atoms with Gasteiger partial charge in [0.25, 0.3) is 0 Å². The van der Waals surface area contributed by atoms with Crippen molar-refractivity contribution in [3.63, 3.8) is 0 Å². The Balaban J connectivity index is 1.82. The number of rotatable bonds is 6. The summed E-state index contributed by atoms with van der Waals surface area (Å²) in [4.78, 5) is 27.4. The lowest BCUT2D eigenvalue weighted by molar-refractivity contribution is -0.117. The molecule has 156 valence electrons. The number of benzene rings is 1. The molecule has 1 saturated carbocycles. The minimum absolute atomic E-state index is 0.0995. The monoisotopic (exact) mass is 414 g/mol. The SMILES string of the molecule is COC(=O)c1c(-c2cc(C)ccc2C)csc1NC(=O)CN(C)C1CCCCC1. The molecule has 1 amide bonds. The third kappa shape index (κ3) is 5.06. The summed E-state index contributed by atoms with van der Waals surface area (Å²) in [5, 5.41) is 5.43. The van der Waals surface area contributed by atoms with Crippen LogP contribution in [0.2, 0.25) is 0 Å². The lowest BCUT2D eigenvalue weighted by atomic mass is 9.94. The molecule has 29 heavy (non-hydrogen) atoms. The average Bonchev–Trinajstić information content (AvgIpc) is 3.12. The number of hydrogen-bond acceptors (Lipinski definition) is 5. The molecule has 0 unspecified atom stereocenters. The molecule has 0 atom stereocenters. The number of methoxy groups -OCH3 is 1. The molecule has 0 aliphatic heterocycles. The van der Waals surface area contributed by atoms with Gasteiger partial charge in [0.1, 0.15) is 10.6 Å². The highest BCUT2D eigenvalue weighted by atomic mass is 32.1. The molecule has 2 aromatic rings. The fourth-order valence-electron chi connectivity index (χ4n) is 4.02. The Morgan fingerprint density at radius 3 is 2.59 bits per heavy atom. The molecule has 0 radical (unpaired) electrons. The van der Waals surface area contributed by atoms with E-state index in [-0.39, 0.29) is 5.91 Å². The Morgan fingerprint density at radius 1 is 1.17 bits per heavy atom. The second-order valence-corrected chi connectivity index (χ2v) is 8.80. The second-order valence-electron chi connectivity index (χ2n) is 7.92. The summed E-state index contributed by atoms with van der Waals surface area (Å²) in [7, 11) is 3.38. The molecule has 1 aliphatic carbocycles. The van der Waals surface area contributed by atoms with E-state index in [1.165, 1.54) is 37.7 Å². The van der Waals surface area contributed by atoms with Crippen molar-refractivity contribution < 1.29 is 14.3 Å². The van der Waals surface area contributed by atoms with Crippen LogP contribution in [0.5, 0.6) is 0 Å². The van der Waals surface area contributed by atoms with Gasteiger partial charge in [-0.25, -0.2) is 4.79 Å². The zero-order valence-corrected chi connectivity index (χ0v) is 18.5. The van der Waals surface area contributed by atoms with Crippen molar-refractivity contribution >= 4 is 28.2 Å². The fraction of sp³-hybridized carbons (Fsp3) is 0.478. The van der Waals surface area contributed by atoms with E-state index in [0.29, 0.717) is 23.2 Å². The maximum atomic E-state index is 12.7. The van der Waals surface area contributed by atoms with Gasteiger partial charge in [0, 0.05) is 17.0 Å². The van der Waals surface area contributed by atoms with Crippen LogP contribution in [-0.4, -0.2) is 43.5 Å². The number of amides is 1. The second kappa shape index (κ2) is 9.55. The lowest BCUT2D eigenvalue weighted by Crippen LogP contribution is -2.39. The Labute approximate surface area is 177 Å². The van der Waals surface area contributed by atoms with E-state index in [1.54, 1.807) is 0 Å². The zero-order chi connectivity index (χ0) is 21.0. The number of ether oxygens (including phenoxy) is 1. The van der Waals surface area contributed by atoms with Crippen LogP contribution in [0.3, 0.4) is 0 Å². The summed E-state index contributed by atoms with van der Waals surface area (Å²) in [5.41, 5.74) is 4.42. The number of nitrogens with zero attached hydrogens (tertiary/aromatic N) is 1. The fourth-order valence-corrected chi connectivity index (χ4v) is 4.99. The van der Waals surface area contributed by atoms with Crippen LogP contribution in [0, 0.1) is 13.8 Å². The van der Waals surface area contributed by atoms with Crippen molar-refractivity contribution in [1.82, 2.24) is 4.90 Å². The van der Waals surface area contributed by atoms with Crippen LogP contribution in [-0.2, 0) is 9.53 Å². The summed E-state index contributed by atoms with van der Waals surface area (Å²) >= 11 is 1.37. The average molecular weight is 415 g/mol. The first kappa shape index (κ1) is 21.5. The standard InChI is InChI=1S/C23H30N2O3S/c1-15-10-11-16(2)18(12-15)19-14-29-22(21(19)23(27)28-4)24-20(26)13-25(3)17-8-6-5-7-9-17/h10-12,14,17H,5-9,13H2,1-4H3,(H,24,26). The highest BCUT2D eigenvalue weighted by molar-refractivity contribution is 7.15. The first-order valence-corrected chi connectivity index (χ1v) is 11.1. The molecular formula is C23H30N2O3S. The molecule has 0 spiro atoms. The maximum absolute atomic E-state index is 12.7. The number of thiophene rings is 1. The number of nitrogens with one attached hydrogen (secondary N) is 1. The number of likely N-dealkylation sites (N-methyl/N-ethyl adjacent to an activating group) is 1. The molecule has 0 bridgehead atoms. The molecular weight excluding hydrogens is 384 g/mol. The smallest absolute Gasteiger partial charge is 0.341 e. The van der Waals surface area contributed by atoms with Crippen molar-refractivity contribution in [2.75, 3.05) is 26.0 Å². The molecule has 3 rings (SSSR count). The minimum atomic E-state index is -0.432. The predicted octanol–water partition coefficient (Wildman–Crippen LogP) is 5.02. The van der Waals surface area contributed by atoms with Gasteiger partial charge in [0.15, 0.2) is 0 Å². The third-order valence-corrected chi connectivity index (χ3v) is 6.60. The van der Waals surface area contributed by atoms with Gasteiger partial charge in [-0.3, -0.25) is 9.69 Å². The van der Waals surface area contributed by atoms with E-state index in [1.807, 2.05) is 38.4 Å². The van der Waals surface area contributed by atoms with Crippen molar-refractivity contribution in [1.29, 1.82) is 0 Å². The molecule has 5 nitrogen and oxygen atoms in total. The Kier molecular flexibility index (Phi) is 7.09. The van der Waals surface area contributed by atoms with E-state index in [4.69, 9.17) is 4.74 Å². The number of carbonyl (C=O) groups is 2. The van der Waals surface area contributed by atoms with Crippen LogP contribution in [0.25, 0.3) is 11.1 Å². The number of esters is 1. The summed E-state index contributed by atoms with van der Waals surface area (Å²) in [5.74, 6) is -0.532. The quantitative estimate of drug-likeness (QED) is 0.674. The summed E-state index contributed by atoms with van der Waals surface area (Å²) in [6, 6.07) is 6.61. The number of aryl methyl sites for hydroxylation is 2. The van der Waals surface area contributed by atoms with Crippen LogP contribution >= 0.6 is 11.3 Å². The third-order valence-electron chi connectivity index (χ3n) is 5.71. The van der Waals surface area contributed by atoms with Crippen molar-refractivity contribution in [3.05, 3.63) is 40.3 Å². The van der Waals surface area contributed by atoms with Crippen LogP contribution in [0.15, 0.2) is 23.6 Å². The van der Waals surface area contributed by atoms with Gasteiger partial charge in [-0.2, -0.15) is 0 Å². The van der Waals surface area contributed by atoms with Gasteiger partial charge >= 0.3 is 5.97 Å². The van der Waals surface area contributed by atoms with Crippen molar-refractivity contribution in [3.8, 4) is 11.1 Å². The highest BCUT2D eigenvalue weighted by Crippen LogP contribution is 2.38. The number of anilines is 1. The van der Waals surface area contributed by atoms with E-state index in [0.717, 1.165) is 35.1 Å². The van der Waals surface area contributed by atoms with Crippen molar-refractivity contribution in [2.45, 2.75) is 52.0 Å². The van der Waals surface area contributed by atoms with Gasteiger partial charge in [0.2, 0.25) is 5.91 Å². The lowest BCUT2D eigenvalue weighted by Gasteiger charge is -2.30. The minimum Gasteiger partial charge on any atom is -0.465 e. The topological polar surface area (TPSA) is 58.6 Å². The first-order chi connectivity index (χ1) is 13.9. The van der Waals surface area contributed by atoms with Gasteiger partial charge in [0.05, 0.1) is 13.7 Å². The number of hydrogen-bond donors (Lipinski definition) is 1. The van der Waals surface area contributed by atoms with Crippen LogP contribution in [0.1, 0.15) is 53.6 Å². The van der Waals surface area contributed by atoms with Gasteiger partial charge in [-0.15, -0.1) is 11.3 Å². The van der Waals surface area contributed by atoms with E-state index in [2.05, 4.69) is 16.3 Å². The Morgan fingerprint density at radius 2 is 1.90 bits per heavy atom. The molecule has 1 N–H and O–H groups in total. The Bertz CT molecular complexity index is 884. The molecule has 1 heterocycles. The number of carbonyl (C=O) groups excluding carboxylic acids is 2. The van der Waals surface area contributed by atoms with E-state index < -0.39 is 5.97 Å². The zero-order valence-electron chi connectivity index (χ0n) is 17.7. The summed E-state index contributed by atoms with van der Waals surface area (Å²) < 4.78 is 5.03. The molecule has 6 heteroatoms. The van der Waals surface area contributed by atoms with Gasteiger partial charge < -0.3 is 10.1 Å². The van der Waals surface area contributed by atoms with E-state index >= 15 is 0 Å². The molecule has 1 aromatic heterocycles. The predicted molar refractivity (Wildman–Crippen MR) is 119 cm³/mol.